The average molecular weight is 441 g/mol. The van der Waals surface area contributed by atoms with E-state index in [9.17, 15) is 4.79 Å². The van der Waals surface area contributed by atoms with Crippen LogP contribution in [0, 0.1) is 0 Å². The monoisotopic (exact) mass is 440 g/mol. The summed E-state index contributed by atoms with van der Waals surface area (Å²) < 4.78 is 0.408. The molecule has 0 aliphatic carbocycles. The first-order chi connectivity index (χ1) is 14.7. The SMILES string of the molecule is O=C(NCc1ccccn1)c1nc(CCNCCc2nc3ccccc3[nH]2)sc1Cl. The van der Waals surface area contributed by atoms with E-state index in [2.05, 4.69) is 30.6 Å². The molecule has 30 heavy (non-hydrogen) atoms. The van der Waals surface area contributed by atoms with Gasteiger partial charge in [0.25, 0.3) is 5.91 Å². The number of hydrogen-bond donors (Lipinski definition) is 3. The van der Waals surface area contributed by atoms with Gasteiger partial charge in [0.1, 0.15) is 10.2 Å². The molecule has 0 bridgehead atoms. The fraction of sp³-hybridized carbons (Fsp3) is 0.238. The van der Waals surface area contributed by atoms with Crippen LogP contribution in [0.15, 0.2) is 48.7 Å². The van der Waals surface area contributed by atoms with Crippen LogP contribution >= 0.6 is 22.9 Å². The summed E-state index contributed by atoms with van der Waals surface area (Å²) in [5.41, 5.74) is 3.10. The van der Waals surface area contributed by atoms with Gasteiger partial charge in [-0.25, -0.2) is 9.97 Å². The smallest absolute Gasteiger partial charge is 0.272 e. The van der Waals surface area contributed by atoms with Crippen molar-refractivity contribution in [1.29, 1.82) is 0 Å². The molecule has 1 aromatic carbocycles. The first kappa shape index (κ1) is 20.5. The Morgan fingerprint density at radius 2 is 1.90 bits per heavy atom. The molecule has 4 aromatic rings. The molecule has 154 valence electrons. The first-order valence-electron chi connectivity index (χ1n) is 9.66. The minimum Gasteiger partial charge on any atom is -0.345 e. The van der Waals surface area contributed by atoms with Crippen LogP contribution in [0.4, 0.5) is 0 Å². The molecule has 4 rings (SSSR count). The zero-order valence-electron chi connectivity index (χ0n) is 16.2. The Morgan fingerprint density at radius 1 is 1.07 bits per heavy atom. The number of pyridine rings is 1. The minimum absolute atomic E-state index is 0.273. The van der Waals surface area contributed by atoms with Crippen LogP contribution in [-0.2, 0) is 19.4 Å². The summed E-state index contributed by atoms with van der Waals surface area (Å²) in [6.45, 7) is 1.89. The molecule has 0 unspecified atom stereocenters. The lowest BCUT2D eigenvalue weighted by Gasteiger charge is -2.03. The maximum Gasteiger partial charge on any atom is 0.272 e. The van der Waals surface area contributed by atoms with Gasteiger partial charge in [-0.15, -0.1) is 11.3 Å². The lowest BCUT2D eigenvalue weighted by Crippen LogP contribution is -2.24. The molecule has 3 N–H and O–H groups in total. The zero-order chi connectivity index (χ0) is 20.8. The van der Waals surface area contributed by atoms with E-state index in [0.29, 0.717) is 17.3 Å². The van der Waals surface area contributed by atoms with Crippen molar-refractivity contribution in [2.75, 3.05) is 13.1 Å². The Balaban J connectivity index is 1.22. The number of aromatic amines is 1. The van der Waals surface area contributed by atoms with Gasteiger partial charge in [-0.05, 0) is 24.3 Å². The second-order valence-corrected chi connectivity index (χ2v) is 8.37. The van der Waals surface area contributed by atoms with Gasteiger partial charge < -0.3 is 15.6 Å². The summed E-state index contributed by atoms with van der Waals surface area (Å²) in [6.07, 6.45) is 3.21. The Labute approximate surface area is 182 Å². The van der Waals surface area contributed by atoms with Gasteiger partial charge in [-0.3, -0.25) is 9.78 Å². The van der Waals surface area contributed by atoms with Crippen LogP contribution < -0.4 is 10.6 Å². The Bertz CT molecular complexity index is 1090. The van der Waals surface area contributed by atoms with Crippen molar-refractivity contribution in [1.82, 2.24) is 30.6 Å². The van der Waals surface area contributed by atoms with Crippen molar-refractivity contribution in [3.8, 4) is 0 Å². The van der Waals surface area contributed by atoms with Crippen molar-refractivity contribution in [2.45, 2.75) is 19.4 Å². The molecule has 0 spiro atoms. The van der Waals surface area contributed by atoms with Crippen LogP contribution in [0.1, 0.15) is 27.0 Å². The summed E-state index contributed by atoms with van der Waals surface area (Å²) in [5.74, 6) is 0.679. The highest BCUT2D eigenvalue weighted by Gasteiger charge is 2.16. The minimum atomic E-state index is -0.286. The van der Waals surface area contributed by atoms with E-state index < -0.39 is 0 Å². The highest BCUT2D eigenvalue weighted by atomic mass is 35.5. The molecule has 1 amide bonds. The van der Waals surface area contributed by atoms with E-state index in [1.165, 1.54) is 11.3 Å². The largest absolute Gasteiger partial charge is 0.345 e. The van der Waals surface area contributed by atoms with Gasteiger partial charge in [0.15, 0.2) is 5.69 Å². The number of nitrogens with one attached hydrogen (secondary N) is 3. The normalized spacial score (nSPS) is 11.1. The van der Waals surface area contributed by atoms with E-state index in [-0.39, 0.29) is 11.6 Å². The molecule has 3 heterocycles. The summed E-state index contributed by atoms with van der Waals surface area (Å²) in [6, 6.07) is 13.6. The summed E-state index contributed by atoms with van der Waals surface area (Å²) >= 11 is 7.57. The number of nitrogens with zero attached hydrogens (tertiary/aromatic N) is 3. The summed E-state index contributed by atoms with van der Waals surface area (Å²) in [4.78, 5) is 28.8. The number of halogens is 1. The molecule has 7 nitrogen and oxygen atoms in total. The first-order valence-corrected chi connectivity index (χ1v) is 10.9. The van der Waals surface area contributed by atoms with Crippen LogP contribution in [-0.4, -0.2) is 38.9 Å². The molecule has 0 aliphatic heterocycles. The Morgan fingerprint density at radius 3 is 2.73 bits per heavy atom. The second-order valence-electron chi connectivity index (χ2n) is 6.68. The number of thiazole rings is 1. The van der Waals surface area contributed by atoms with Crippen LogP contribution in [0.2, 0.25) is 4.34 Å². The fourth-order valence-corrected chi connectivity index (χ4v) is 4.18. The quantitative estimate of drug-likeness (QED) is 0.347. The summed E-state index contributed by atoms with van der Waals surface area (Å²) in [7, 11) is 0. The molecular weight excluding hydrogens is 420 g/mol. The molecule has 0 atom stereocenters. The number of para-hydroxylation sites is 2. The van der Waals surface area contributed by atoms with Crippen molar-refractivity contribution < 1.29 is 4.79 Å². The van der Waals surface area contributed by atoms with E-state index in [1.54, 1.807) is 6.20 Å². The fourth-order valence-electron chi connectivity index (χ4n) is 3.00. The number of amides is 1. The molecule has 0 radical (unpaired) electrons. The summed E-state index contributed by atoms with van der Waals surface area (Å²) in [5, 5.41) is 7.03. The topological polar surface area (TPSA) is 95.6 Å². The van der Waals surface area contributed by atoms with E-state index in [0.717, 1.165) is 47.1 Å². The number of hydrogen-bond acceptors (Lipinski definition) is 6. The third-order valence-corrected chi connectivity index (χ3v) is 5.81. The molecule has 0 aliphatic rings. The molecule has 3 aromatic heterocycles. The number of fused-ring (bicyclic) bond motifs is 1. The van der Waals surface area contributed by atoms with E-state index in [1.807, 2.05) is 42.5 Å². The number of carbonyl (C=O) groups is 1. The number of rotatable bonds is 9. The van der Waals surface area contributed by atoms with E-state index >= 15 is 0 Å². The van der Waals surface area contributed by atoms with Gasteiger partial charge >= 0.3 is 0 Å². The van der Waals surface area contributed by atoms with Gasteiger partial charge in [0.2, 0.25) is 0 Å². The Kier molecular flexibility index (Phi) is 6.68. The van der Waals surface area contributed by atoms with Crippen LogP contribution in [0.3, 0.4) is 0 Å². The van der Waals surface area contributed by atoms with Gasteiger partial charge in [0, 0.05) is 32.1 Å². The number of carbonyl (C=O) groups excluding carboxylic acids is 1. The van der Waals surface area contributed by atoms with Crippen molar-refractivity contribution in [2.24, 2.45) is 0 Å². The van der Waals surface area contributed by atoms with Crippen molar-refractivity contribution in [3.63, 3.8) is 0 Å². The number of benzene rings is 1. The van der Waals surface area contributed by atoms with Crippen LogP contribution in [0.25, 0.3) is 11.0 Å². The average Bonchev–Trinajstić information content (AvgIpc) is 3.35. The molecule has 0 saturated carbocycles. The lowest BCUT2D eigenvalue weighted by atomic mass is 10.3. The predicted molar refractivity (Wildman–Crippen MR) is 119 cm³/mol. The maximum atomic E-state index is 12.4. The number of imidazole rings is 1. The molecule has 9 heteroatoms. The Hall–Kier alpha value is -2.81. The molecular formula is C21H21ClN6OS. The van der Waals surface area contributed by atoms with Gasteiger partial charge in [-0.1, -0.05) is 29.8 Å². The third-order valence-electron chi connectivity index (χ3n) is 4.49. The molecule has 0 fully saturated rings. The highest BCUT2D eigenvalue weighted by molar-refractivity contribution is 7.16. The van der Waals surface area contributed by atoms with Gasteiger partial charge in [0.05, 0.1) is 28.3 Å². The van der Waals surface area contributed by atoms with Crippen LogP contribution in [0.5, 0.6) is 0 Å². The second kappa shape index (κ2) is 9.80. The van der Waals surface area contributed by atoms with Crippen molar-refractivity contribution in [3.05, 3.63) is 75.2 Å². The van der Waals surface area contributed by atoms with Gasteiger partial charge in [-0.2, -0.15) is 0 Å². The number of aromatic nitrogens is 4. The predicted octanol–water partition coefficient (Wildman–Crippen LogP) is 3.37. The number of H-pyrrole nitrogens is 1. The van der Waals surface area contributed by atoms with E-state index in [4.69, 9.17) is 11.6 Å². The maximum absolute atomic E-state index is 12.4. The highest BCUT2D eigenvalue weighted by Crippen LogP contribution is 2.24. The zero-order valence-corrected chi connectivity index (χ0v) is 17.8. The molecule has 0 saturated heterocycles. The van der Waals surface area contributed by atoms with Crippen molar-refractivity contribution >= 4 is 39.9 Å². The lowest BCUT2D eigenvalue weighted by molar-refractivity contribution is 0.0946. The standard InChI is InChI=1S/C21H21ClN6OS/c22-20-19(21(29)25-13-14-5-3-4-10-24-14)28-18(30-20)9-12-23-11-8-17-26-15-6-1-2-7-16(15)27-17/h1-7,10,23H,8-9,11-13H2,(H,25,29)(H,26,27). The third kappa shape index (κ3) is 5.21.